The SMILES string of the molecule is CC(c1ccccc1)C(C)N(C)C.COC.COC.COC. The van der Waals surface area contributed by atoms with E-state index >= 15 is 0 Å². The number of methoxy groups -OCH3 is 3. The fraction of sp³-hybridized carbons (Fsp3) is 0.667. The fourth-order valence-electron chi connectivity index (χ4n) is 1.48. The molecule has 22 heavy (non-hydrogen) atoms. The Hall–Kier alpha value is -0.940. The molecule has 4 heteroatoms. The third-order valence-corrected chi connectivity index (χ3v) is 2.86. The summed E-state index contributed by atoms with van der Waals surface area (Å²) in [5.74, 6) is 0.594. The first-order valence-electron chi connectivity index (χ1n) is 7.29. The second-order valence-electron chi connectivity index (χ2n) is 5.13. The molecule has 0 saturated carbocycles. The number of rotatable bonds is 3. The van der Waals surface area contributed by atoms with E-state index in [4.69, 9.17) is 0 Å². The fourth-order valence-corrected chi connectivity index (χ4v) is 1.48. The molecule has 0 aliphatic rings. The van der Waals surface area contributed by atoms with Crippen molar-refractivity contribution in [2.75, 3.05) is 56.8 Å². The van der Waals surface area contributed by atoms with Crippen LogP contribution in [0.4, 0.5) is 0 Å². The highest BCUT2D eigenvalue weighted by molar-refractivity contribution is 5.20. The summed E-state index contributed by atoms with van der Waals surface area (Å²) in [6.07, 6.45) is 0. The molecule has 1 rings (SSSR count). The molecule has 0 amide bonds. The van der Waals surface area contributed by atoms with E-state index in [0.29, 0.717) is 12.0 Å². The Kier molecular flexibility index (Phi) is 23.7. The lowest BCUT2D eigenvalue weighted by atomic mass is 9.94. The topological polar surface area (TPSA) is 30.9 Å². The van der Waals surface area contributed by atoms with Crippen LogP contribution >= 0.6 is 0 Å². The first-order valence-corrected chi connectivity index (χ1v) is 7.29. The molecule has 0 heterocycles. The largest absolute Gasteiger partial charge is 0.388 e. The molecule has 0 radical (unpaired) electrons. The third kappa shape index (κ3) is 17.1. The molecule has 0 bridgehead atoms. The van der Waals surface area contributed by atoms with E-state index in [0.717, 1.165) is 0 Å². The molecule has 0 aliphatic carbocycles. The van der Waals surface area contributed by atoms with Gasteiger partial charge >= 0.3 is 0 Å². The Balaban J connectivity index is -0.000000334. The van der Waals surface area contributed by atoms with E-state index in [9.17, 15) is 0 Å². The predicted molar refractivity (Wildman–Crippen MR) is 96.8 cm³/mol. The normalized spacial score (nSPS) is 11.8. The Morgan fingerprint density at radius 2 is 1.05 bits per heavy atom. The average molecular weight is 315 g/mol. The maximum atomic E-state index is 4.25. The van der Waals surface area contributed by atoms with Gasteiger partial charge in [0.2, 0.25) is 0 Å². The number of ether oxygens (including phenoxy) is 3. The Labute approximate surface area is 138 Å². The molecule has 1 aromatic carbocycles. The molecule has 132 valence electrons. The number of hydrogen-bond donors (Lipinski definition) is 0. The minimum absolute atomic E-state index is 0.586. The van der Waals surface area contributed by atoms with Crippen LogP contribution in [-0.2, 0) is 14.2 Å². The lowest BCUT2D eigenvalue weighted by Gasteiger charge is -2.26. The van der Waals surface area contributed by atoms with Crippen molar-refractivity contribution in [1.82, 2.24) is 4.90 Å². The molecule has 2 atom stereocenters. The summed E-state index contributed by atoms with van der Waals surface area (Å²) in [6.45, 7) is 4.54. The maximum Gasteiger partial charge on any atom is 0.0351 e. The summed E-state index contributed by atoms with van der Waals surface area (Å²) < 4.78 is 12.8. The van der Waals surface area contributed by atoms with Crippen molar-refractivity contribution in [2.45, 2.75) is 25.8 Å². The van der Waals surface area contributed by atoms with Gasteiger partial charge in [0.05, 0.1) is 0 Å². The summed E-state index contributed by atoms with van der Waals surface area (Å²) in [7, 11) is 14.0. The monoisotopic (exact) mass is 315 g/mol. The Morgan fingerprint density at radius 3 is 1.32 bits per heavy atom. The van der Waals surface area contributed by atoms with Crippen molar-refractivity contribution in [2.24, 2.45) is 0 Å². The van der Waals surface area contributed by atoms with E-state index in [-0.39, 0.29) is 0 Å². The summed E-state index contributed by atoms with van der Waals surface area (Å²) >= 11 is 0. The van der Waals surface area contributed by atoms with Gasteiger partial charge in [-0.15, -0.1) is 0 Å². The van der Waals surface area contributed by atoms with Gasteiger partial charge in [-0.05, 0) is 32.5 Å². The highest BCUT2D eigenvalue weighted by Crippen LogP contribution is 2.20. The summed E-state index contributed by atoms with van der Waals surface area (Å²) in [6, 6.07) is 11.3. The zero-order chi connectivity index (χ0) is 18.0. The van der Waals surface area contributed by atoms with Crippen molar-refractivity contribution in [3.8, 4) is 0 Å². The minimum atomic E-state index is 0.586. The van der Waals surface area contributed by atoms with E-state index in [1.165, 1.54) is 5.56 Å². The molecule has 1 aromatic rings. The quantitative estimate of drug-likeness (QED) is 0.854. The summed E-state index contributed by atoms with van der Waals surface area (Å²) in [5.41, 5.74) is 1.42. The first kappa shape index (κ1) is 26.0. The smallest absolute Gasteiger partial charge is 0.0351 e. The number of likely N-dealkylation sites (N-methyl/N-ethyl adjacent to an activating group) is 1. The Morgan fingerprint density at radius 1 is 0.727 bits per heavy atom. The van der Waals surface area contributed by atoms with Crippen LogP contribution in [0.15, 0.2) is 30.3 Å². The van der Waals surface area contributed by atoms with Crippen molar-refractivity contribution in [3.05, 3.63) is 35.9 Å². The summed E-state index contributed by atoms with van der Waals surface area (Å²) in [4.78, 5) is 2.26. The molecule has 0 saturated heterocycles. The van der Waals surface area contributed by atoms with Crippen molar-refractivity contribution < 1.29 is 14.2 Å². The predicted octanol–water partition coefficient (Wildman–Crippen LogP) is 3.53. The van der Waals surface area contributed by atoms with Crippen LogP contribution in [0.3, 0.4) is 0 Å². The Bertz CT molecular complexity index is 287. The van der Waals surface area contributed by atoms with Crippen LogP contribution in [0, 0.1) is 0 Å². The van der Waals surface area contributed by atoms with E-state index < -0.39 is 0 Å². The van der Waals surface area contributed by atoms with E-state index in [2.05, 4.69) is 77.4 Å². The highest BCUT2D eigenvalue weighted by Gasteiger charge is 2.15. The van der Waals surface area contributed by atoms with Crippen LogP contribution < -0.4 is 0 Å². The minimum Gasteiger partial charge on any atom is -0.388 e. The van der Waals surface area contributed by atoms with Crippen LogP contribution in [0.2, 0.25) is 0 Å². The molecular formula is C18H37NO3. The first-order chi connectivity index (χ1) is 10.4. The highest BCUT2D eigenvalue weighted by atomic mass is 16.5. The maximum absolute atomic E-state index is 4.25. The second kappa shape index (κ2) is 20.1. The number of hydrogen-bond acceptors (Lipinski definition) is 4. The van der Waals surface area contributed by atoms with E-state index in [1.807, 2.05) is 0 Å². The van der Waals surface area contributed by atoms with Crippen LogP contribution in [-0.4, -0.2) is 67.7 Å². The van der Waals surface area contributed by atoms with Gasteiger partial charge in [0.1, 0.15) is 0 Å². The van der Waals surface area contributed by atoms with Gasteiger partial charge in [0, 0.05) is 48.7 Å². The van der Waals surface area contributed by atoms with Crippen molar-refractivity contribution in [3.63, 3.8) is 0 Å². The van der Waals surface area contributed by atoms with Gasteiger partial charge < -0.3 is 19.1 Å². The lowest BCUT2D eigenvalue weighted by Crippen LogP contribution is -2.29. The summed E-state index contributed by atoms with van der Waals surface area (Å²) in [5, 5.41) is 0. The molecule has 0 N–H and O–H groups in total. The molecule has 4 nitrogen and oxygen atoms in total. The zero-order valence-corrected chi connectivity index (χ0v) is 16.2. The second-order valence-corrected chi connectivity index (χ2v) is 5.13. The van der Waals surface area contributed by atoms with Crippen LogP contribution in [0.25, 0.3) is 0 Å². The molecule has 0 spiro atoms. The standard InChI is InChI=1S/C12H19N.3C2H6O/c1-10(11(2)13(3)4)12-8-6-5-7-9-12;3*1-3-2/h5-11H,1-4H3;3*1-2H3. The van der Waals surface area contributed by atoms with Crippen LogP contribution in [0.1, 0.15) is 25.3 Å². The zero-order valence-electron chi connectivity index (χ0n) is 16.2. The number of nitrogens with zero attached hydrogens (tertiary/aromatic N) is 1. The van der Waals surface area contributed by atoms with Crippen molar-refractivity contribution in [1.29, 1.82) is 0 Å². The molecule has 0 fully saturated rings. The molecule has 0 aromatic heterocycles. The van der Waals surface area contributed by atoms with Gasteiger partial charge in [0.15, 0.2) is 0 Å². The molecule has 2 unspecified atom stereocenters. The lowest BCUT2D eigenvalue weighted by molar-refractivity contribution is 0.277. The van der Waals surface area contributed by atoms with Gasteiger partial charge in [-0.3, -0.25) is 0 Å². The van der Waals surface area contributed by atoms with Gasteiger partial charge in [-0.2, -0.15) is 0 Å². The van der Waals surface area contributed by atoms with E-state index in [1.54, 1.807) is 42.7 Å². The molecular weight excluding hydrogens is 278 g/mol. The average Bonchev–Trinajstić information content (AvgIpc) is 2.49. The van der Waals surface area contributed by atoms with Gasteiger partial charge in [0.25, 0.3) is 0 Å². The van der Waals surface area contributed by atoms with Crippen molar-refractivity contribution >= 4 is 0 Å². The van der Waals surface area contributed by atoms with Crippen LogP contribution in [0.5, 0.6) is 0 Å². The van der Waals surface area contributed by atoms with Gasteiger partial charge in [-0.25, -0.2) is 0 Å². The number of benzene rings is 1. The third-order valence-electron chi connectivity index (χ3n) is 2.86. The van der Waals surface area contributed by atoms with Gasteiger partial charge in [-0.1, -0.05) is 37.3 Å². The molecule has 0 aliphatic heterocycles.